The molecule has 0 spiro atoms. The highest BCUT2D eigenvalue weighted by atomic mass is 79.9. The summed E-state index contributed by atoms with van der Waals surface area (Å²) in [5, 5.41) is 4.88. The maximum atomic E-state index is 6.20. The van der Waals surface area contributed by atoms with Gasteiger partial charge in [0.1, 0.15) is 16.2 Å². The zero-order valence-electron chi connectivity index (χ0n) is 11.3. The predicted octanol–water partition coefficient (Wildman–Crippen LogP) is 4.75. The van der Waals surface area contributed by atoms with Crippen molar-refractivity contribution in [3.63, 3.8) is 0 Å². The average Bonchev–Trinajstić information content (AvgIpc) is 2.50. The van der Waals surface area contributed by atoms with Gasteiger partial charge in [0.05, 0.1) is 16.2 Å². The van der Waals surface area contributed by atoms with Crippen molar-refractivity contribution in [3.8, 4) is 0 Å². The fourth-order valence-electron chi connectivity index (χ4n) is 2.06. The van der Waals surface area contributed by atoms with Crippen LogP contribution in [0.2, 0.25) is 5.02 Å². The van der Waals surface area contributed by atoms with Gasteiger partial charge in [0.25, 0.3) is 0 Å². The Labute approximate surface area is 135 Å². The summed E-state index contributed by atoms with van der Waals surface area (Å²) in [7, 11) is 0. The lowest BCUT2D eigenvalue weighted by molar-refractivity contribution is 0.931. The zero-order chi connectivity index (χ0) is 14.8. The molecule has 1 aromatic carbocycles. The van der Waals surface area contributed by atoms with Crippen LogP contribution in [0.4, 0.5) is 11.5 Å². The van der Waals surface area contributed by atoms with E-state index in [0.717, 1.165) is 39.3 Å². The van der Waals surface area contributed by atoms with Crippen LogP contribution in [0, 0.1) is 0 Å². The second-order valence-corrected chi connectivity index (χ2v) is 5.68. The lowest BCUT2D eigenvalue weighted by Gasteiger charge is -2.10. The van der Waals surface area contributed by atoms with Gasteiger partial charge in [0.15, 0.2) is 0 Å². The van der Waals surface area contributed by atoms with E-state index >= 15 is 0 Å². The van der Waals surface area contributed by atoms with Crippen molar-refractivity contribution in [3.05, 3.63) is 52.0 Å². The maximum absolute atomic E-state index is 6.20. The number of halogens is 2. The summed E-state index contributed by atoms with van der Waals surface area (Å²) >= 11 is 9.60. The molecule has 3 rings (SSSR count). The molecule has 0 unspecified atom stereocenters. The van der Waals surface area contributed by atoms with Gasteiger partial charge >= 0.3 is 0 Å². The molecule has 0 saturated heterocycles. The molecule has 6 heteroatoms. The molecule has 1 N–H and O–H groups in total. The summed E-state index contributed by atoms with van der Waals surface area (Å²) < 4.78 is 0.753. The largest absolute Gasteiger partial charge is 0.338 e. The van der Waals surface area contributed by atoms with Gasteiger partial charge in [-0.05, 0) is 40.2 Å². The van der Waals surface area contributed by atoms with Crippen LogP contribution in [0.5, 0.6) is 0 Å². The van der Waals surface area contributed by atoms with Crippen molar-refractivity contribution in [1.29, 1.82) is 0 Å². The zero-order valence-corrected chi connectivity index (χ0v) is 13.6. The molecule has 2 aromatic heterocycles. The van der Waals surface area contributed by atoms with Gasteiger partial charge in [-0.3, -0.25) is 4.98 Å². The van der Waals surface area contributed by atoms with Gasteiger partial charge in [0.2, 0.25) is 0 Å². The van der Waals surface area contributed by atoms with Crippen LogP contribution in [-0.2, 0) is 6.42 Å². The highest BCUT2D eigenvalue weighted by Gasteiger charge is 2.08. The molecule has 2 heterocycles. The third-order valence-corrected chi connectivity index (χ3v) is 3.77. The fourth-order valence-corrected chi connectivity index (χ4v) is 2.70. The minimum absolute atomic E-state index is 0.682. The molecule has 0 aliphatic heterocycles. The molecule has 0 aliphatic rings. The second kappa shape index (κ2) is 5.95. The van der Waals surface area contributed by atoms with Crippen molar-refractivity contribution < 1.29 is 0 Å². The van der Waals surface area contributed by atoms with Crippen LogP contribution in [-0.4, -0.2) is 15.0 Å². The van der Waals surface area contributed by atoms with E-state index in [2.05, 4.69) is 36.2 Å². The number of hydrogen-bond acceptors (Lipinski definition) is 4. The molecular weight excluding hydrogens is 352 g/mol. The first-order valence-corrected chi connectivity index (χ1v) is 7.68. The molecule has 0 amide bonds. The number of aryl methyl sites for hydroxylation is 1. The topological polar surface area (TPSA) is 50.7 Å². The Morgan fingerprint density at radius 2 is 2.10 bits per heavy atom. The van der Waals surface area contributed by atoms with E-state index in [1.165, 1.54) is 0 Å². The molecule has 0 atom stereocenters. The molecule has 0 saturated carbocycles. The molecule has 0 bridgehead atoms. The maximum Gasteiger partial charge on any atom is 0.135 e. The summed E-state index contributed by atoms with van der Waals surface area (Å²) in [6.45, 7) is 2.02. The van der Waals surface area contributed by atoms with Gasteiger partial charge < -0.3 is 5.32 Å². The molecular formula is C15H12BrClN4. The quantitative estimate of drug-likeness (QED) is 0.682. The number of hydrogen-bond donors (Lipinski definition) is 1. The Hall–Kier alpha value is -1.72. The Morgan fingerprint density at radius 3 is 2.90 bits per heavy atom. The number of nitrogens with zero attached hydrogens (tertiary/aromatic N) is 3. The van der Waals surface area contributed by atoms with E-state index < -0.39 is 0 Å². The normalized spacial score (nSPS) is 10.8. The monoisotopic (exact) mass is 362 g/mol. The van der Waals surface area contributed by atoms with Gasteiger partial charge in [-0.1, -0.05) is 18.5 Å². The van der Waals surface area contributed by atoms with Crippen LogP contribution < -0.4 is 5.32 Å². The first-order valence-electron chi connectivity index (χ1n) is 6.51. The van der Waals surface area contributed by atoms with E-state index in [1.807, 2.05) is 37.3 Å². The smallest absolute Gasteiger partial charge is 0.135 e. The number of nitrogens with one attached hydrogen (secondary N) is 1. The van der Waals surface area contributed by atoms with Crippen LogP contribution in [0.25, 0.3) is 10.9 Å². The van der Waals surface area contributed by atoms with E-state index in [0.29, 0.717) is 5.02 Å². The molecule has 4 nitrogen and oxygen atoms in total. The fraction of sp³-hybridized carbons (Fsp3) is 0.133. The lowest BCUT2D eigenvalue weighted by atomic mass is 10.2. The lowest BCUT2D eigenvalue weighted by Crippen LogP contribution is -2.00. The summed E-state index contributed by atoms with van der Waals surface area (Å²) in [4.78, 5) is 13.2. The van der Waals surface area contributed by atoms with Gasteiger partial charge in [-0.2, -0.15) is 0 Å². The molecule has 3 aromatic rings. The van der Waals surface area contributed by atoms with E-state index in [9.17, 15) is 0 Å². The summed E-state index contributed by atoms with van der Waals surface area (Å²) in [6, 6.07) is 9.41. The van der Waals surface area contributed by atoms with Crippen LogP contribution in [0.1, 0.15) is 12.7 Å². The minimum atomic E-state index is 0.682. The third kappa shape index (κ3) is 2.99. The third-order valence-electron chi connectivity index (χ3n) is 3.04. The number of rotatable bonds is 3. The predicted molar refractivity (Wildman–Crippen MR) is 89.1 cm³/mol. The number of aromatic nitrogens is 3. The SMILES string of the molecule is CCc1nc(Br)cc(Nc2ccc(Cl)c3cccnc23)n1. The number of pyridine rings is 1. The number of anilines is 2. The molecule has 106 valence electrons. The van der Waals surface area contributed by atoms with Crippen LogP contribution in [0.15, 0.2) is 41.1 Å². The van der Waals surface area contributed by atoms with Crippen LogP contribution in [0.3, 0.4) is 0 Å². The van der Waals surface area contributed by atoms with Gasteiger partial charge in [0, 0.05) is 24.1 Å². The van der Waals surface area contributed by atoms with Crippen molar-refractivity contribution in [2.45, 2.75) is 13.3 Å². The Kier molecular flexibility index (Phi) is 4.03. The van der Waals surface area contributed by atoms with Crippen molar-refractivity contribution in [1.82, 2.24) is 15.0 Å². The first kappa shape index (κ1) is 14.2. The molecule has 21 heavy (non-hydrogen) atoms. The molecule has 0 fully saturated rings. The van der Waals surface area contributed by atoms with Crippen molar-refractivity contribution in [2.75, 3.05) is 5.32 Å². The number of benzene rings is 1. The molecule has 0 radical (unpaired) electrons. The minimum Gasteiger partial charge on any atom is -0.338 e. The summed E-state index contributed by atoms with van der Waals surface area (Å²) in [5.41, 5.74) is 1.68. The molecule has 0 aliphatic carbocycles. The second-order valence-electron chi connectivity index (χ2n) is 4.47. The highest BCUT2D eigenvalue weighted by Crippen LogP contribution is 2.30. The summed E-state index contributed by atoms with van der Waals surface area (Å²) in [6.07, 6.45) is 2.52. The van der Waals surface area contributed by atoms with Gasteiger partial charge in [-0.15, -0.1) is 0 Å². The average molecular weight is 364 g/mol. The van der Waals surface area contributed by atoms with E-state index in [-0.39, 0.29) is 0 Å². The van der Waals surface area contributed by atoms with E-state index in [4.69, 9.17) is 11.6 Å². The number of fused-ring (bicyclic) bond motifs is 1. The van der Waals surface area contributed by atoms with Crippen molar-refractivity contribution in [2.24, 2.45) is 0 Å². The Bertz CT molecular complexity index is 807. The van der Waals surface area contributed by atoms with E-state index in [1.54, 1.807) is 6.20 Å². The van der Waals surface area contributed by atoms with Crippen molar-refractivity contribution >= 4 is 49.9 Å². The standard InChI is InChI=1S/C15H12BrClN4/c1-2-13-20-12(16)8-14(21-13)19-11-6-5-10(17)9-4-3-7-18-15(9)11/h3-8H,2H2,1H3,(H,19,20,21). The Balaban J connectivity index is 2.06. The summed E-state index contributed by atoms with van der Waals surface area (Å²) in [5.74, 6) is 1.50. The van der Waals surface area contributed by atoms with Crippen LogP contribution >= 0.6 is 27.5 Å². The first-order chi connectivity index (χ1) is 10.2. The van der Waals surface area contributed by atoms with Gasteiger partial charge in [-0.25, -0.2) is 9.97 Å². The Morgan fingerprint density at radius 1 is 1.24 bits per heavy atom. The highest BCUT2D eigenvalue weighted by molar-refractivity contribution is 9.10.